The van der Waals surface area contributed by atoms with Gasteiger partial charge >= 0.3 is 6.09 Å². The number of primary amides is 1. The molecule has 2 rings (SSSR count). The highest BCUT2D eigenvalue weighted by molar-refractivity contribution is 14.1. The molecule has 1 aliphatic carbocycles. The van der Waals surface area contributed by atoms with Gasteiger partial charge in [-0.3, -0.25) is 4.79 Å². The molecular weight excluding hydrogens is 383 g/mol. The van der Waals surface area contributed by atoms with Gasteiger partial charge in [0.05, 0.1) is 0 Å². The van der Waals surface area contributed by atoms with Gasteiger partial charge in [0, 0.05) is 15.2 Å². The van der Waals surface area contributed by atoms with E-state index in [4.69, 9.17) is 10.5 Å². The molecule has 1 aliphatic rings. The van der Waals surface area contributed by atoms with E-state index in [-0.39, 0.29) is 11.8 Å². The average Bonchev–Trinajstić information content (AvgIpc) is 2.48. The SMILES string of the molecule is NC(=O)OC(C(=O)Nc1ccc(I)cc1)C1CCCCC1. The van der Waals surface area contributed by atoms with E-state index in [1.165, 1.54) is 6.42 Å². The number of hydrogen-bond donors (Lipinski definition) is 2. The first-order valence-corrected chi connectivity index (χ1v) is 8.16. The van der Waals surface area contributed by atoms with Crippen LogP contribution in [0.4, 0.5) is 10.5 Å². The summed E-state index contributed by atoms with van der Waals surface area (Å²) in [6.45, 7) is 0. The summed E-state index contributed by atoms with van der Waals surface area (Å²) in [5, 5.41) is 2.80. The normalized spacial score (nSPS) is 17.0. The zero-order chi connectivity index (χ0) is 15.2. The highest BCUT2D eigenvalue weighted by Gasteiger charge is 2.32. The van der Waals surface area contributed by atoms with Crippen molar-refractivity contribution in [2.24, 2.45) is 11.7 Å². The number of benzene rings is 1. The number of hydrogen-bond acceptors (Lipinski definition) is 3. The number of amides is 2. The molecule has 1 saturated carbocycles. The van der Waals surface area contributed by atoms with Crippen LogP contribution in [0.3, 0.4) is 0 Å². The topological polar surface area (TPSA) is 81.4 Å². The molecule has 1 unspecified atom stereocenters. The molecule has 1 atom stereocenters. The van der Waals surface area contributed by atoms with Gasteiger partial charge in [-0.25, -0.2) is 4.79 Å². The molecule has 0 radical (unpaired) electrons. The second-order valence-corrected chi connectivity index (χ2v) is 6.50. The van der Waals surface area contributed by atoms with Crippen molar-refractivity contribution >= 4 is 40.3 Å². The van der Waals surface area contributed by atoms with Gasteiger partial charge in [0.25, 0.3) is 5.91 Å². The lowest BCUT2D eigenvalue weighted by Crippen LogP contribution is -2.40. The van der Waals surface area contributed by atoms with Crippen molar-refractivity contribution in [2.45, 2.75) is 38.2 Å². The lowest BCUT2D eigenvalue weighted by molar-refractivity contribution is -0.127. The quantitative estimate of drug-likeness (QED) is 0.759. The highest BCUT2D eigenvalue weighted by atomic mass is 127. The van der Waals surface area contributed by atoms with Gasteiger partial charge in [-0.05, 0) is 59.7 Å². The fourth-order valence-electron chi connectivity index (χ4n) is 2.67. The van der Waals surface area contributed by atoms with Crippen LogP contribution < -0.4 is 11.1 Å². The van der Waals surface area contributed by atoms with Gasteiger partial charge in [0.1, 0.15) is 0 Å². The van der Waals surface area contributed by atoms with E-state index in [2.05, 4.69) is 27.9 Å². The van der Waals surface area contributed by atoms with Gasteiger partial charge in [-0.2, -0.15) is 0 Å². The van der Waals surface area contributed by atoms with Crippen LogP contribution in [0.1, 0.15) is 32.1 Å². The minimum atomic E-state index is -0.900. The first-order valence-electron chi connectivity index (χ1n) is 7.09. The molecule has 1 aromatic rings. The largest absolute Gasteiger partial charge is 0.436 e. The average molecular weight is 402 g/mol. The molecule has 1 aromatic carbocycles. The second-order valence-electron chi connectivity index (χ2n) is 5.25. The number of nitrogens with one attached hydrogen (secondary N) is 1. The van der Waals surface area contributed by atoms with E-state index >= 15 is 0 Å². The van der Waals surface area contributed by atoms with Gasteiger partial charge in [-0.1, -0.05) is 19.3 Å². The van der Waals surface area contributed by atoms with E-state index in [1.54, 1.807) is 0 Å². The summed E-state index contributed by atoms with van der Waals surface area (Å²) in [6.07, 6.45) is 3.35. The molecule has 6 heteroatoms. The Morgan fingerprint density at radius 1 is 1.19 bits per heavy atom. The fraction of sp³-hybridized carbons (Fsp3) is 0.467. The Hall–Kier alpha value is -1.31. The monoisotopic (exact) mass is 402 g/mol. The maximum atomic E-state index is 12.4. The molecule has 21 heavy (non-hydrogen) atoms. The minimum absolute atomic E-state index is 0.0510. The smallest absolute Gasteiger partial charge is 0.405 e. The van der Waals surface area contributed by atoms with Crippen molar-refractivity contribution in [2.75, 3.05) is 5.32 Å². The molecule has 0 bridgehead atoms. The summed E-state index contributed by atoms with van der Waals surface area (Å²) < 4.78 is 6.16. The van der Waals surface area contributed by atoms with E-state index in [1.807, 2.05) is 24.3 Å². The lowest BCUT2D eigenvalue weighted by atomic mass is 9.85. The predicted molar refractivity (Wildman–Crippen MR) is 88.8 cm³/mol. The van der Waals surface area contributed by atoms with Crippen LogP contribution in [-0.4, -0.2) is 18.1 Å². The molecule has 0 heterocycles. The zero-order valence-electron chi connectivity index (χ0n) is 11.7. The van der Waals surface area contributed by atoms with Crippen molar-refractivity contribution in [3.8, 4) is 0 Å². The Morgan fingerprint density at radius 2 is 1.81 bits per heavy atom. The highest BCUT2D eigenvalue weighted by Crippen LogP contribution is 2.28. The molecule has 0 aliphatic heterocycles. The number of carbonyl (C=O) groups excluding carboxylic acids is 2. The van der Waals surface area contributed by atoms with Gasteiger partial charge in [0.2, 0.25) is 0 Å². The maximum absolute atomic E-state index is 12.4. The van der Waals surface area contributed by atoms with Crippen LogP contribution in [0, 0.1) is 9.49 Å². The number of rotatable bonds is 4. The molecule has 0 spiro atoms. The van der Waals surface area contributed by atoms with Crippen molar-refractivity contribution in [3.05, 3.63) is 27.8 Å². The number of anilines is 1. The Bertz CT molecular complexity index is 498. The standard InChI is InChI=1S/C15H19IN2O3/c16-11-6-8-12(9-7-11)18-14(19)13(21-15(17)20)10-4-2-1-3-5-10/h6-10,13H,1-5H2,(H2,17,20)(H,18,19). The third-order valence-corrected chi connectivity index (χ3v) is 4.41. The van der Waals surface area contributed by atoms with Crippen LogP contribution in [-0.2, 0) is 9.53 Å². The van der Waals surface area contributed by atoms with Gasteiger partial charge in [0.15, 0.2) is 6.10 Å². The minimum Gasteiger partial charge on any atom is -0.436 e. The molecule has 114 valence electrons. The van der Waals surface area contributed by atoms with Crippen LogP contribution >= 0.6 is 22.6 Å². The van der Waals surface area contributed by atoms with E-state index in [0.29, 0.717) is 5.69 Å². The third-order valence-electron chi connectivity index (χ3n) is 3.69. The predicted octanol–water partition coefficient (Wildman–Crippen LogP) is 3.27. The van der Waals surface area contributed by atoms with Gasteiger partial charge in [-0.15, -0.1) is 0 Å². The Kier molecular flexibility index (Phi) is 5.84. The Balaban J connectivity index is 2.05. The molecular formula is C15H19IN2O3. The summed E-state index contributed by atoms with van der Waals surface area (Å²) in [6, 6.07) is 7.45. The first kappa shape index (κ1) is 16.1. The van der Waals surface area contributed by atoms with Crippen molar-refractivity contribution in [1.29, 1.82) is 0 Å². The fourth-order valence-corrected chi connectivity index (χ4v) is 3.03. The van der Waals surface area contributed by atoms with Crippen LogP contribution in [0.15, 0.2) is 24.3 Å². The zero-order valence-corrected chi connectivity index (χ0v) is 13.8. The Labute approximate surface area is 137 Å². The molecule has 0 aromatic heterocycles. The number of ether oxygens (including phenoxy) is 1. The first-order chi connectivity index (χ1) is 10.1. The summed E-state index contributed by atoms with van der Waals surface area (Å²) in [5.74, 6) is -0.253. The summed E-state index contributed by atoms with van der Waals surface area (Å²) in [5.41, 5.74) is 5.80. The summed E-state index contributed by atoms with van der Waals surface area (Å²) in [4.78, 5) is 23.5. The van der Waals surface area contributed by atoms with Crippen LogP contribution in [0.25, 0.3) is 0 Å². The van der Waals surface area contributed by atoms with E-state index in [9.17, 15) is 9.59 Å². The summed E-state index contributed by atoms with van der Waals surface area (Å²) in [7, 11) is 0. The van der Waals surface area contributed by atoms with E-state index < -0.39 is 12.2 Å². The second kappa shape index (κ2) is 7.63. The Morgan fingerprint density at radius 3 is 2.38 bits per heavy atom. The molecule has 0 saturated heterocycles. The van der Waals surface area contributed by atoms with Crippen LogP contribution in [0.5, 0.6) is 0 Å². The molecule has 5 nitrogen and oxygen atoms in total. The molecule has 3 N–H and O–H groups in total. The summed E-state index contributed by atoms with van der Waals surface area (Å²) >= 11 is 2.20. The van der Waals surface area contributed by atoms with Gasteiger partial charge < -0.3 is 15.8 Å². The van der Waals surface area contributed by atoms with Crippen LogP contribution in [0.2, 0.25) is 0 Å². The number of carbonyl (C=O) groups is 2. The third kappa shape index (κ3) is 4.87. The maximum Gasteiger partial charge on any atom is 0.405 e. The van der Waals surface area contributed by atoms with Crippen molar-refractivity contribution < 1.29 is 14.3 Å². The van der Waals surface area contributed by atoms with E-state index in [0.717, 1.165) is 29.3 Å². The number of nitrogens with two attached hydrogens (primary N) is 1. The number of halogens is 1. The van der Waals surface area contributed by atoms with Crippen molar-refractivity contribution in [1.82, 2.24) is 0 Å². The molecule has 2 amide bonds. The molecule has 1 fully saturated rings. The lowest BCUT2D eigenvalue weighted by Gasteiger charge is -2.28. The van der Waals surface area contributed by atoms with Crippen molar-refractivity contribution in [3.63, 3.8) is 0 Å².